The number of hydrogen-bond acceptors (Lipinski definition) is 5. The van der Waals surface area contributed by atoms with Gasteiger partial charge in [0, 0.05) is 17.3 Å². The number of alkyl halides is 2. The number of benzene rings is 1. The number of hydrogen-bond donors (Lipinski definition) is 1. The number of nitrogens with zero attached hydrogens (tertiary/aromatic N) is 1. The lowest BCUT2D eigenvalue weighted by Crippen LogP contribution is -2.15. The lowest BCUT2D eigenvalue weighted by atomic mass is 10.1. The van der Waals surface area contributed by atoms with Gasteiger partial charge in [0.2, 0.25) is 5.91 Å². The van der Waals surface area contributed by atoms with E-state index in [0.29, 0.717) is 22.7 Å². The van der Waals surface area contributed by atoms with Crippen molar-refractivity contribution in [3.63, 3.8) is 0 Å². The van der Waals surface area contributed by atoms with Crippen molar-refractivity contribution in [2.45, 2.75) is 26.9 Å². The smallest absolute Gasteiger partial charge is 0.387 e. The first-order valence-electron chi connectivity index (χ1n) is 6.75. The van der Waals surface area contributed by atoms with Crippen LogP contribution in [0.4, 0.5) is 14.5 Å². The molecule has 6 nitrogen and oxygen atoms in total. The fourth-order valence-corrected chi connectivity index (χ4v) is 2.06. The van der Waals surface area contributed by atoms with Gasteiger partial charge in [0.05, 0.1) is 19.2 Å². The van der Waals surface area contributed by atoms with Crippen LogP contribution in [0.2, 0.25) is 0 Å². The van der Waals surface area contributed by atoms with Crippen molar-refractivity contribution >= 4 is 11.6 Å². The van der Waals surface area contributed by atoms with E-state index in [-0.39, 0.29) is 23.8 Å². The first kappa shape index (κ1) is 16.7. The second-order valence-electron chi connectivity index (χ2n) is 4.77. The van der Waals surface area contributed by atoms with Gasteiger partial charge in [0.25, 0.3) is 0 Å². The van der Waals surface area contributed by atoms with Gasteiger partial charge in [0.15, 0.2) is 11.5 Å². The number of nitrogens with one attached hydrogen (secondary N) is 1. The molecule has 2 aromatic rings. The molecule has 0 atom stereocenters. The number of anilines is 1. The van der Waals surface area contributed by atoms with Crippen LogP contribution in [-0.2, 0) is 11.2 Å². The number of carbonyl (C=O) groups excluding carboxylic acids is 1. The average molecular weight is 326 g/mol. The molecule has 1 amide bonds. The Morgan fingerprint density at radius 2 is 2.09 bits per heavy atom. The largest absolute Gasteiger partial charge is 0.493 e. The molecule has 0 fully saturated rings. The van der Waals surface area contributed by atoms with E-state index in [1.807, 2.05) is 0 Å². The minimum atomic E-state index is -2.99. The Kier molecular flexibility index (Phi) is 5.15. The van der Waals surface area contributed by atoms with Gasteiger partial charge in [0.1, 0.15) is 5.76 Å². The van der Waals surface area contributed by atoms with E-state index >= 15 is 0 Å². The van der Waals surface area contributed by atoms with Gasteiger partial charge >= 0.3 is 6.61 Å². The molecule has 1 aromatic carbocycles. The van der Waals surface area contributed by atoms with Crippen molar-refractivity contribution in [3.8, 4) is 11.5 Å². The van der Waals surface area contributed by atoms with E-state index in [0.717, 1.165) is 0 Å². The van der Waals surface area contributed by atoms with E-state index in [9.17, 15) is 13.6 Å². The molecule has 8 heteroatoms. The molecule has 1 aromatic heterocycles. The third-order valence-corrected chi connectivity index (χ3v) is 3.18. The zero-order valence-corrected chi connectivity index (χ0v) is 12.9. The van der Waals surface area contributed by atoms with Gasteiger partial charge < -0.3 is 19.3 Å². The lowest BCUT2D eigenvalue weighted by molar-refractivity contribution is -0.115. The van der Waals surface area contributed by atoms with Crippen molar-refractivity contribution in [1.29, 1.82) is 0 Å². The molecule has 0 saturated carbocycles. The van der Waals surface area contributed by atoms with Gasteiger partial charge in [-0.05, 0) is 26.0 Å². The Bertz CT molecular complexity index is 681. The van der Waals surface area contributed by atoms with E-state index in [1.165, 1.54) is 25.3 Å². The monoisotopic (exact) mass is 326 g/mol. The van der Waals surface area contributed by atoms with Crippen molar-refractivity contribution in [3.05, 3.63) is 35.2 Å². The van der Waals surface area contributed by atoms with E-state index in [4.69, 9.17) is 9.26 Å². The average Bonchev–Trinajstić information content (AvgIpc) is 2.79. The Balaban J connectivity index is 2.11. The molecule has 0 radical (unpaired) electrons. The predicted octanol–water partition coefficient (Wildman–Crippen LogP) is 3.08. The molecule has 1 N–H and O–H groups in total. The summed E-state index contributed by atoms with van der Waals surface area (Å²) in [5.74, 6) is 0.230. The van der Waals surface area contributed by atoms with Crippen LogP contribution in [0, 0.1) is 13.8 Å². The number of aromatic nitrogens is 1. The predicted molar refractivity (Wildman–Crippen MR) is 77.9 cm³/mol. The SMILES string of the molecule is COc1ccc(NC(=O)Cc2c(C)noc2C)cc1OC(F)F. The molecule has 0 spiro atoms. The number of amides is 1. The Morgan fingerprint density at radius 1 is 1.35 bits per heavy atom. The number of methoxy groups -OCH3 is 1. The minimum Gasteiger partial charge on any atom is -0.493 e. The van der Waals surface area contributed by atoms with Crippen LogP contribution >= 0.6 is 0 Å². The second kappa shape index (κ2) is 7.08. The Morgan fingerprint density at radius 3 is 2.65 bits per heavy atom. The molecule has 0 unspecified atom stereocenters. The highest BCUT2D eigenvalue weighted by Crippen LogP contribution is 2.31. The van der Waals surface area contributed by atoms with Crippen LogP contribution in [0.25, 0.3) is 0 Å². The third-order valence-electron chi connectivity index (χ3n) is 3.18. The highest BCUT2D eigenvalue weighted by Gasteiger charge is 2.15. The summed E-state index contributed by atoms with van der Waals surface area (Å²) in [4.78, 5) is 12.1. The molecule has 2 rings (SSSR count). The summed E-state index contributed by atoms with van der Waals surface area (Å²) in [6.07, 6.45) is 0.0677. The van der Waals surface area contributed by atoms with E-state index in [1.54, 1.807) is 13.8 Å². The summed E-state index contributed by atoms with van der Waals surface area (Å²) in [5.41, 5.74) is 1.65. The van der Waals surface area contributed by atoms with Gasteiger partial charge in [-0.1, -0.05) is 5.16 Å². The van der Waals surface area contributed by atoms with Crippen LogP contribution in [0.1, 0.15) is 17.0 Å². The third kappa shape index (κ3) is 4.18. The standard InChI is InChI=1S/C15H16F2N2O4/c1-8-11(9(2)23-19-8)7-14(20)18-10-4-5-12(21-3)13(6-10)22-15(16)17/h4-6,15H,7H2,1-3H3,(H,18,20). The van der Waals surface area contributed by atoms with Gasteiger partial charge in [-0.3, -0.25) is 4.79 Å². The summed E-state index contributed by atoms with van der Waals surface area (Å²) in [7, 11) is 1.34. The van der Waals surface area contributed by atoms with Crippen LogP contribution in [-0.4, -0.2) is 24.8 Å². The van der Waals surface area contributed by atoms with Gasteiger partial charge in [-0.15, -0.1) is 0 Å². The Hall–Kier alpha value is -2.64. The van der Waals surface area contributed by atoms with Crippen LogP contribution in [0.5, 0.6) is 11.5 Å². The molecule has 1 heterocycles. The Labute approximate surface area is 131 Å². The highest BCUT2D eigenvalue weighted by atomic mass is 19.3. The van der Waals surface area contributed by atoms with Crippen molar-refractivity contribution in [2.24, 2.45) is 0 Å². The fourth-order valence-electron chi connectivity index (χ4n) is 2.06. The van der Waals surface area contributed by atoms with Crippen molar-refractivity contribution in [1.82, 2.24) is 5.16 Å². The van der Waals surface area contributed by atoms with Gasteiger partial charge in [-0.25, -0.2) is 0 Å². The number of carbonyl (C=O) groups is 1. The molecule has 0 aliphatic rings. The zero-order valence-electron chi connectivity index (χ0n) is 12.9. The van der Waals surface area contributed by atoms with E-state index in [2.05, 4.69) is 15.2 Å². The number of aryl methyl sites for hydroxylation is 2. The fraction of sp³-hybridized carbons (Fsp3) is 0.333. The highest BCUT2D eigenvalue weighted by molar-refractivity contribution is 5.92. The van der Waals surface area contributed by atoms with Crippen molar-refractivity contribution in [2.75, 3.05) is 12.4 Å². The number of rotatable bonds is 6. The summed E-state index contributed by atoms with van der Waals surface area (Å²) in [5, 5.41) is 6.38. The minimum absolute atomic E-state index is 0.0677. The van der Waals surface area contributed by atoms with Crippen LogP contribution in [0.15, 0.2) is 22.7 Å². The molecule has 0 aliphatic carbocycles. The summed E-state index contributed by atoms with van der Waals surface area (Å²) in [6.45, 7) is 0.461. The first-order chi connectivity index (χ1) is 10.9. The lowest BCUT2D eigenvalue weighted by Gasteiger charge is -2.12. The topological polar surface area (TPSA) is 73.6 Å². The molecular formula is C15H16F2N2O4. The molecule has 0 bridgehead atoms. The normalized spacial score (nSPS) is 10.7. The zero-order chi connectivity index (χ0) is 17.0. The summed E-state index contributed by atoms with van der Waals surface area (Å²) < 4.78 is 39.1. The van der Waals surface area contributed by atoms with Crippen LogP contribution < -0.4 is 14.8 Å². The van der Waals surface area contributed by atoms with E-state index < -0.39 is 6.61 Å². The number of halogens is 2. The maximum atomic E-state index is 12.4. The summed E-state index contributed by atoms with van der Waals surface area (Å²) in [6, 6.07) is 4.24. The first-order valence-corrected chi connectivity index (χ1v) is 6.75. The molecule has 0 aliphatic heterocycles. The maximum Gasteiger partial charge on any atom is 0.387 e. The van der Waals surface area contributed by atoms with Crippen molar-refractivity contribution < 1.29 is 27.6 Å². The number of ether oxygens (including phenoxy) is 2. The maximum absolute atomic E-state index is 12.4. The van der Waals surface area contributed by atoms with Gasteiger partial charge in [-0.2, -0.15) is 8.78 Å². The molecule has 23 heavy (non-hydrogen) atoms. The molecule has 0 saturated heterocycles. The summed E-state index contributed by atoms with van der Waals surface area (Å²) >= 11 is 0. The van der Waals surface area contributed by atoms with Crippen LogP contribution in [0.3, 0.4) is 0 Å². The second-order valence-corrected chi connectivity index (χ2v) is 4.77. The molecule has 124 valence electrons. The quantitative estimate of drug-likeness (QED) is 0.883. The molecular weight excluding hydrogens is 310 g/mol.